The fraction of sp³-hybridized carbons (Fsp3) is 1.00. The molecule has 2 nitrogen and oxygen atoms in total. The summed E-state index contributed by atoms with van der Waals surface area (Å²) in [4.78, 5) is 0. The summed E-state index contributed by atoms with van der Waals surface area (Å²) in [5, 5.41) is 0. The molecule has 1 atom stereocenters. The molecule has 1 saturated heterocycles. The normalized spacial score (nSPS) is 22.3. The molecule has 2 N–H and O–H groups in total. The predicted molar refractivity (Wildman–Crippen MR) is 60.2 cm³/mol. The quantitative estimate of drug-likeness (QED) is 0.757. The van der Waals surface area contributed by atoms with Crippen molar-refractivity contribution in [1.29, 1.82) is 0 Å². The SMILES string of the molecule is CC(C)(C)CC(CN)C1CCOCC1. The van der Waals surface area contributed by atoms with Crippen molar-refractivity contribution in [2.75, 3.05) is 19.8 Å². The number of rotatable bonds is 3. The lowest BCUT2D eigenvalue weighted by Gasteiger charge is -2.33. The second kappa shape index (κ2) is 5.13. The van der Waals surface area contributed by atoms with E-state index in [4.69, 9.17) is 10.5 Å². The molecule has 1 unspecified atom stereocenters. The first-order valence-electron chi connectivity index (χ1n) is 5.81. The smallest absolute Gasteiger partial charge is 0.0468 e. The molecule has 14 heavy (non-hydrogen) atoms. The van der Waals surface area contributed by atoms with Crippen LogP contribution in [0, 0.1) is 17.3 Å². The van der Waals surface area contributed by atoms with Gasteiger partial charge in [0, 0.05) is 13.2 Å². The minimum absolute atomic E-state index is 0.405. The van der Waals surface area contributed by atoms with E-state index in [2.05, 4.69) is 20.8 Å². The van der Waals surface area contributed by atoms with Gasteiger partial charge in [-0.3, -0.25) is 0 Å². The zero-order valence-electron chi connectivity index (χ0n) is 9.88. The van der Waals surface area contributed by atoms with E-state index in [0.717, 1.165) is 25.7 Å². The van der Waals surface area contributed by atoms with E-state index in [0.29, 0.717) is 11.3 Å². The summed E-state index contributed by atoms with van der Waals surface area (Å²) in [5.74, 6) is 1.49. The zero-order valence-corrected chi connectivity index (χ0v) is 9.88. The average Bonchev–Trinajstić information content (AvgIpc) is 2.14. The summed E-state index contributed by atoms with van der Waals surface area (Å²) in [6.07, 6.45) is 3.66. The molecule has 84 valence electrons. The largest absolute Gasteiger partial charge is 0.381 e. The molecule has 0 spiro atoms. The van der Waals surface area contributed by atoms with Crippen LogP contribution in [0.2, 0.25) is 0 Å². The maximum atomic E-state index is 5.87. The van der Waals surface area contributed by atoms with Gasteiger partial charge in [0.05, 0.1) is 0 Å². The van der Waals surface area contributed by atoms with Crippen LogP contribution in [0.25, 0.3) is 0 Å². The maximum Gasteiger partial charge on any atom is 0.0468 e. The highest BCUT2D eigenvalue weighted by Crippen LogP contribution is 2.32. The second-order valence-corrected chi connectivity index (χ2v) is 5.71. The Bertz CT molecular complexity index is 156. The van der Waals surface area contributed by atoms with Crippen LogP contribution in [0.5, 0.6) is 0 Å². The molecule has 0 radical (unpaired) electrons. The topological polar surface area (TPSA) is 35.2 Å². The number of hydrogen-bond donors (Lipinski definition) is 1. The van der Waals surface area contributed by atoms with Crippen LogP contribution in [0.1, 0.15) is 40.0 Å². The van der Waals surface area contributed by atoms with Gasteiger partial charge in [-0.05, 0) is 43.1 Å². The Balaban J connectivity index is 2.43. The summed E-state index contributed by atoms with van der Waals surface area (Å²) >= 11 is 0. The molecular formula is C12H25NO. The first-order valence-corrected chi connectivity index (χ1v) is 5.81. The second-order valence-electron chi connectivity index (χ2n) is 5.71. The molecule has 0 bridgehead atoms. The molecule has 0 aromatic rings. The van der Waals surface area contributed by atoms with Gasteiger partial charge in [0.2, 0.25) is 0 Å². The van der Waals surface area contributed by atoms with E-state index >= 15 is 0 Å². The van der Waals surface area contributed by atoms with Gasteiger partial charge in [-0.2, -0.15) is 0 Å². The summed E-state index contributed by atoms with van der Waals surface area (Å²) < 4.78 is 5.38. The Morgan fingerprint density at radius 2 is 1.86 bits per heavy atom. The molecule has 0 aliphatic carbocycles. The molecule has 1 heterocycles. The van der Waals surface area contributed by atoms with Gasteiger partial charge in [0.25, 0.3) is 0 Å². The van der Waals surface area contributed by atoms with Gasteiger partial charge in [-0.25, -0.2) is 0 Å². The van der Waals surface area contributed by atoms with E-state index < -0.39 is 0 Å². The first-order chi connectivity index (χ1) is 6.53. The zero-order chi connectivity index (χ0) is 10.6. The molecule has 2 heteroatoms. The van der Waals surface area contributed by atoms with Crippen LogP contribution < -0.4 is 5.73 Å². The predicted octanol–water partition coefficient (Wildman–Crippen LogP) is 2.42. The van der Waals surface area contributed by atoms with Crippen LogP contribution in [-0.2, 0) is 4.74 Å². The summed E-state index contributed by atoms with van der Waals surface area (Å²) in [5.41, 5.74) is 6.28. The minimum atomic E-state index is 0.405. The van der Waals surface area contributed by atoms with Crippen LogP contribution in [-0.4, -0.2) is 19.8 Å². The number of hydrogen-bond acceptors (Lipinski definition) is 2. The highest BCUT2D eigenvalue weighted by Gasteiger charge is 2.26. The summed E-state index contributed by atoms with van der Waals surface area (Å²) in [7, 11) is 0. The lowest BCUT2D eigenvalue weighted by molar-refractivity contribution is 0.0400. The molecule has 1 aliphatic heterocycles. The van der Waals surface area contributed by atoms with Gasteiger partial charge in [0.1, 0.15) is 0 Å². The van der Waals surface area contributed by atoms with Crippen LogP contribution in [0.3, 0.4) is 0 Å². The molecule has 1 aliphatic rings. The highest BCUT2D eigenvalue weighted by atomic mass is 16.5. The summed E-state index contributed by atoms with van der Waals surface area (Å²) in [6, 6.07) is 0. The summed E-state index contributed by atoms with van der Waals surface area (Å²) in [6.45, 7) is 9.61. The van der Waals surface area contributed by atoms with Gasteiger partial charge in [0.15, 0.2) is 0 Å². The minimum Gasteiger partial charge on any atom is -0.381 e. The highest BCUT2D eigenvalue weighted by molar-refractivity contribution is 4.78. The number of ether oxygens (including phenoxy) is 1. The van der Waals surface area contributed by atoms with E-state index in [1.54, 1.807) is 0 Å². The Kier molecular flexibility index (Phi) is 4.39. The van der Waals surface area contributed by atoms with Crippen molar-refractivity contribution in [2.24, 2.45) is 23.0 Å². The third-order valence-corrected chi connectivity index (χ3v) is 3.11. The van der Waals surface area contributed by atoms with E-state index in [-0.39, 0.29) is 0 Å². The molecule has 0 amide bonds. The molecule has 0 aromatic carbocycles. The van der Waals surface area contributed by atoms with Crippen molar-refractivity contribution in [3.8, 4) is 0 Å². The van der Waals surface area contributed by atoms with E-state index in [1.165, 1.54) is 19.3 Å². The Morgan fingerprint density at radius 3 is 2.29 bits per heavy atom. The first kappa shape index (κ1) is 12.0. The van der Waals surface area contributed by atoms with Crippen LogP contribution >= 0.6 is 0 Å². The third kappa shape index (κ3) is 3.97. The van der Waals surface area contributed by atoms with E-state index in [9.17, 15) is 0 Å². The van der Waals surface area contributed by atoms with Crippen LogP contribution in [0.4, 0.5) is 0 Å². The van der Waals surface area contributed by atoms with Crippen molar-refractivity contribution in [1.82, 2.24) is 0 Å². The van der Waals surface area contributed by atoms with Crippen molar-refractivity contribution >= 4 is 0 Å². The standard InChI is InChI=1S/C12H25NO/c1-12(2,3)8-11(9-13)10-4-6-14-7-5-10/h10-11H,4-9,13H2,1-3H3. The molecule has 0 saturated carbocycles. The lowest BCUT2D eigenvalue weighted by Crippen LogP contribution is -2.31. The van der Waals surface area contributed by atoms with Gasteiger partial charge in [-0.15, -0.1) is 0 Å². The Labute approximate surface area is 88.2 Å². The fourth-order valence-electron chi connectivity index (χ4n) is 2.42. The Morgan fingerprint density at radius 1 is 1.29 bits per heavy atom. The lowest BCUT2D eigenvalue weighted by atomic mass is 9.76. The van der Waals surface area contributed by atoms with Gasteiger partial charge in [-0.1, -0.05) is 20.8 Å². The van der Waals surface area contributed by atoms with Crippen molar-refractivity contribution in [2.45, 2.75) is 40.0 Å². The van der Waals surface area contributed by atoms with Crippen LogP contribution in [0.15, 0.2) is 0 Å². The molecule has 1 fully saturated rings. The molecule has 0 aromatic heterocycles. The monoisotopic (exact) mass is 199 g/mol. The third-order valence-electron chi connectivity index (χ3n) is 3.11. The van der Waals surface area contributed by atoms with E-state index in [1.807, 2.05) is 0 Å². The van der Waals surface area contributed by atoms with Crippen molar-refractivity contribution < 1.29 is 4.74 Å². The fourth-order valence-corrected chi connectivity index (χ4v) is 2.42. The van der Waals surface area contributed by atoms with Gasteiger partial charge >= 0.3 is 0 Å². The number of nitrogens with two attached hydrogens (primary N) is 1. The van der Waals surface area contributed by atoms with Gasteiger partial charge < -0.3 is 10.5 Å². The molecule has 1 rings (SSSR count). The van der Waals surface area contributed by atoms with Crippen molar-refractivity contribution in [3.05, 3.63) is 0 Å². The average molecular weight is 199 g/mol. The van der Waals surface area contributed by atoms with Crippen molar-refractivity contribution in [3.63, 3.8) is 0 Å². The molecular weight excluding hydrogens is 174 g/mol. The Hall–Kier alpha value is -0.0800. The maximum absolute atomic E-state index is 5.87.